The second-order valence-corrected chi connectivity index (χ2v) is 8.50. The van der Waals surface area contributed by atoms with Crippen LogP contribution in [-0.4, -0.2) is 52.4 Å². The summed E-state index contributed by atoms with van der Waals surface area (Å²) in [7, 11) is 0. The van der Waals surface area contributed by atoms with Gasteiger partial charge in [-0.05, 0) is 37.3 Å². The van der Waals surface area contributed by atoms with Gasteiger partial charge < -0.3 is 4.90 Å². The van der Waals surface area contributed by atoms with Gasteiger partial charge in [0.2, 0.25) is 0 Å². The van der Waals surface area contributed by atoms with Crippen LogP contribution in [0.15, 0.2) is 48.8 Å². The van der Waals surface area contributed by atoms with Gasteiger partial charge in [-0.3, -0.25) is 4.90 Å². The summed E-state index contributed by atoms with van der Waals surface area (Å²) in [6, 6.07) is 9.33. The van der Waals surface area contributed by atoms with Crippen molar-refractivity contribution in [2.75, 3.05) is 37.6 Å². The smallest absolute Gasteiger partial charge is 0.172 e. The Kier molecular flexibility index (Phi) is 6.64. The van der Waals surface area contributed by atoms with Crippen LogP contribution in [0.1, 0.15) is 11.3 Å². The molecule has 4 rings (SSSR count). The van der Waals surface area contributed by atoms with E-state index in [2.05, 4.69) is 32.0 Å². The normalized spacial score (nSPS) is 15.3. The molecular weight excluding hydrogens is 441 g/mol. The van der Waals surface area contributed by atoms with E-state index < -0.39 is 0 Å². The highest BCUT2D eigenvalue weighted by molar-refractivity contribution is 6.35. The average molecular weight is 463 g/mol. The number of aromatic nitrogens is 3. The van der Waals surface area contributed by atoms with E-state index >= 15 is 0 Å². The van der Waals surface area contributed by atoms with E-state index in [9.17, 15) is 0 Å². The van der Waals surface area contributed by atoms with Crippen molar-refractivity contribution < 1.29 is 0 Å². The van der Waals surface area contributed by atoms with Gasteiger partial charge in [0, 0.05) is 60.2 Å². The molecule has 0 saturated carbocycles. The average Bonchev–Trinajstić information content (AvgIpc) is 3.08. The Hall–Kier alpha value is -2.05. The lowest BCUT2D eigenvalue weighted by molar-refractivity contribution is 0.284. The molecule has 5 nitrogen and oxygen atoms in total. The minimum Gasteiger partial charge on any atom is -0.369 e. The summed E-state index contributed by atoms with van der Waals surface area (Å²) >= 11 is 18.5. The van der Waals surface area contributed by atoms with E-state index in [0.29, 0.717) is 20.9 Å². The zero-order valence-electron chi connectivity index (χ0n) is 16.6. The van der Waals surface area contributed by atoms with Crippen LogP contribution in [0.5, 0.6) is 0 Å². The summed E-state index contributed by atoms with van der Waals surface area (Å²) in [6.07, 6.45) is 7.85. The predicted molar refractivity (Wildman–Crippen MR) is 125 cm³/mol. The molecule has 30 heavy (non-hydrogen) atoms. The van der Waals surface area contributed by atoms with Crippen molar-refractivity contribution in [3.63, 3.8) is 0 Å². The van der Waals surface area contributed by atoms with Gasteiger partial charge in [-0.1, -0.05) is 47.0 Å². The Labute approximate surface area is 191 Å². The highest BCUT2D eigenvalue weighted by Gasteiger charge is 2.17. The van der Waals surface area contributed by atoms with Crippen molar-refractivity contribution in [1.29, 1.82) is 0 Å². The minimum absolute atomic E-state index is 0.582. The molecule has 1 aromatic carbocycles. The van der Waals surface area contributed by atoms with Gasteiger partial charge in [-0.25, -0.2) is 9.67 Å². The molecule has 0 atom stereocenters. The molecule has 0 N–H and O–H groups in total. The number of hydrogen-bond donors (Lipinski definition) is 0. The van der Waals surface area contributed by atoms with Crippen molar-refractivity contribution >= 4 is 46.6 Å². The quantitative estimate of drug-likeness (QED) is 0.511. The molecule has 0 radical (unpaired) electrons. The molecule has 0 spiro atoms. The fraction of sp³-hybridized carbons (Fsp3) is 0.273. The lowest BCUT2D eigenvalue weighted by atomic mass is 10.2. The van der Waals surface area contributed by atoms with Crippen molar-refractivity contribution in [3.8, 4) is 5.82 Å². The summed E-state index contributed by atoms with van der Waals surface area (Å²) in [5, 5.41) is 6.37. The molecular formula is C22H22Cl3N5. The molecule has 2 aromatic heterocycles. The van der Waals surface area contributed by atoms with Gasteiger partial charge in [0.15, 0.2) is 5.82 Å². The van der Waals surface area contributed by atoms with Crippen LogP contribution in [0, 0.1) is 6.92 Å². The molecule has 1 fully saturated rings. The zero-order valence-corrected chi connectivity index (χ0v) is 18.9. The van der Waals surface area contributed by atoms with Crippen LogP contribution in [0.3, 0.4) is 0 Å². The molecule has 0 bridgehead atoms. The number of benzene rings is 1. The Morgan fingerprint density at radius 3 is 2.47 bits per heavy atom. The summed E-state index contributed by atoms with van der Waals surface area (Å²) in [6.45, 7) is 6.76. The van der Waals surface area contributed by atoms with Crippen molar-refractivity contribution in [1.82, 2.24) is 19.7 Å². The second-order valence-electron chi connectivity index (χ2n) is 7.22. The maximum Gasteiger partial charge on any atom is 0.172 e. The van der Waals surface area contributed by atoms with Gasteiger partial charge in [0.05, 0.1) is 16.9 Å². The number of hydrogen-bond acceptors (Lipinski definition) is 4. The highest BCUT2D eigenvalue weighted by atomic mass is 35.5. The molecule has 0 aliphatic carbocycles. The third-order valence-corrected chi connectivity index (χ3v) is 5.96. The summed E-state index contributed by atoms with van der Waals surface area (Å²) in [5.41, 5.74) is 3.15. The Balaban J connectivity index is 1.34. The first-order valence-electron chi connectivity index (χ1n) is 9.77. The van der Waals surface area contributed by atoms with Gasteiger partial charge in [0.1, 0.15) is 0 Å². The van der Waals surface area contributed by atoms with Crippen molar-refractivity contribution in [2.24, 2.45) is 0 Å². The number of anilines is 1. The van der Waals surface area contributed by atoms with E-state index in [-0.39, 0.29) is 0 Å². The van der Waals surface area contributed by atoms with Crippen LogP contribution in [-0.2, 0) is 0 Å². The van der Waals surface area contributed by atoms with Crippen LogP contribution >= 0.6 is 34.8 Å². The molecule has 1 saturated heterocycles. The van der Waals surface area contributed by atoms with E-state index in [1.54, 1.807) is 16.9 Å². The number of piperazine rings is 1. The molecule has 3 aromatic rings. The maximum atomic E-state index is 6.25. The predicted octanol–water partition coefficient (Wildman–Crippen LogP) is 5.37. The van der Waals surface area contributed by atoms with Gasteiger partial charge in [-0.15, -0.1) is 0 Å². The van der Waals surface area contributed by atoms with Crippen LogP contribution in [0.2, 0.25) is 15.1 Å². The third kappa shape index (κ3) is 4.81. The van der Waals surface area contributed by atoms with Gasteiger partial charge >= 0.3 is 0 Å². The van der Waals surface area contributed by atoms with Crippen molar-refractivity contribution in [2.45, 2.75) is 6.92 Å². The zero-order chi connectivity index (χ0) is 21.1. The van der Waals surface area contributed by atoms with Crippen molar-refractivity contribution in [3.05, 3.63) is 75.1 Å². The van der Waals surface area contributed by atoms with Crippen LogP contribution in [0.4, 0.5) is 5.69 Å². The SMILES string of the molecule is Cc1c(C=CCN2CCN(c3cc(Cl)cc(Cl)c3)CC2)cnn1-c1ncccc1Cl. The molecule has 0 unspecified atom stereocenters. The number of rotatable bonds is 5. The molecule has 156 valence electrons. The standard InChI is InChI=1S/C22H22Cl3N5/c1-16-17(15-27-30(16)22-21(25)5-2-6-26-22)4-3-7-28-8-10-29(11-9-28)20-13-18(23)12-19(24)14-20/h2-6,12-15H,7-11H2,1H3. The lowest BCUT2D eigenvalue weighted by Gasteiger charge is -2.35. The van der Waals surface area contributed by atoms with E-state index in [0.717, 1.165) is 49.7 Å². The number of nitrogens with zero attached hydrogens (tertiary/aromatic N) is 5. The molecule has 3 heterocycles. The Morgan fingerprint density at radius 1 is 1.03 bits per heavy atom. The summed E-state index contributed by atoms with van der Waals surface area (Å²) in [4.78, 5) is 9.08. The largest absolute Gasteiger partial charge is 0.369 e. The van der Waals surface area contributed by atoms with E-state index in [4.69, 9.17) is 34.8 Å². The first kappa shape index (κ1) is 21.2. The fourth-order valence-electron chi connectivity index (χ4n) is 3.57. The van der Waals surface area contributed by atoms with E-state index in [1.807, 2.05) is 37.4 Å². The van der Waals surface area contributed by atoms with Crippen LogP contribution < -0.4 is 4.90 Å². The molecule has 1 aliphatic heterocycles. The first-order valence-corrected chi connectivity index (χ1v) is 10.9. The number of halogens is 3. The van der Waals surface area contributed by atoms with Gasteiger partial charge in [0.25, 0.3) is 0 Å². The molecule has 1 aliphatic rings. The fourth-order valence-corrected chi connectivity index (χ4v) is 4.29. The Morgan fingerprint density at radius 2 is 1.77 bits per heavy atom. The summed E-state index contributed by atoms with van der Waals surface area (Å²) < 4.78 is 1.77. The minimum atomic E-state index is 0.582. The topological polar surface area (TPSA) is 37.2 Å². The van der Waals surface area contributed by atoms with Crippen LogP contribution in [0.25, 0.3) is 11.9 Å². The summed E-state index contributed by atoms with van der Waals surface area (Å²) in [5.74, 6) is 0.647. The first-order chi connectivity index (χ1) is 14.5. The second kappa shape index (κ2) is 9.40. The Bertz CT molecular complexity index is 1030. The van der Waals surface area contributed by atoms with Gasteiger partial charge in [-0.2, -0.15) is 5.10 Å². The molecule has 0 amide bonds. The van der Waals surface area contributed by atoms with E-state index in [1.165, 1.54) is 0 Å². The third-order valence-electron chi connectivity index (χ3n) is 5.23. The monoisotopic (exact) mass is 461 g/mol. The number of pyridine rings is 1. The lowest BCUT2D eigenvalue weighted by Crippen LogP contribution is -2.46. The highest BCUT2D eigenvalue weighted by Crippen LogP contribution is 2.26. The molecule has 8 heteroatoms. The maximum absolute atomic E-state index is 6.25.